The molecule has 0 aliphatic carbocycles. The van der Waals surface area contributed by atoms with E-state index in [0.717, 1.165) is 16.8 Å². The maximum Gasteiger partial charge on any atom is 0.251 e. The van der Waals surface area contributed by atoms with Crippen LogP contribution in [0.25, 0.3) is 5.69 Å². The molecule has 11 heteroatoms. The Morgan fingerprint density at radius 3 is 2.30 bits per heavy atom. The van der Waals surface area contributed by atoms with Crippen molar-refractivity contribution in [3.05, 3.63) is 83.2 Å². The van der Waals surface area contributed by atoms with Gasteiger partial charge in [0.2, 0.25) is 5.91 Å². The highest BCUT2D eigenvalue weighted by molar-refractivity contribution is 7.99. The molecule has 10 nitrogen and oxygen atoms in total. The number of hydrogen-bond acceptors (Lipinski definition) is 8. The van der Waals surface area contributed by atoms with E-state index in [2.05, 4.69) is 20.8 Å². The van der Waals surface area contributed by atoms with E-state index in [1.54, 1.807) is 56.7 Å². The summed E-state index contributed by atoms with van der Waals surface area (Å²) in [5.41, 5.74) is 3.97. The summed E-state index contributed by atoms with van der Waals surface area (Å²) in [5, 5.41) is 15.0. The van der Waals surface area contributed by atoms with Crippen LogP contribution in [0.3, 0.4) is 0 Å². The van der Waals surface area contributed by atoms with Crippen LogP contribution in [-0.2, 0) is 11.3 Å². The Hall–Kier alpha value is -4.51. The van der Waals surface area contributed by atoms with Gasteiger partial charge in [-0.2, -0.15) is 0 Å². The van der Waals surface area contributed by atoms with Crippen LogP contribution in [-0.4, -0.2) is 53.7 Å². The molecule has 0 radical (unpaired) electrons. The minimum absolute atomic E-state index is 0.0797. The van der Waals surface area contributed by atoms with Crippen molar-refractivity contribution in [3.8, 4) is 22.9 Å². The second-order valence-electron chi connectivity index (χ2n) is 8.84. The summed E-state index contributed by atoms with van der Waals surface area (Å²) in [6.45, 7) is 4.13. The lowest BCUT2D eigenvalue weighted by molar-refractivity contribution is -0.113. The van der Waals surface area contributed by atoms with Gasteiger partial charge in [-0.3, -0.25) is 14.2 Å². The van der Waals surface area contributed by atoms with Gasteiger partial charge < -0.3 is 24.8 Å². The monoisotopic (exact) mass is 561 g/mol. The molecule has 1 aromatic heterocycles. The third-order valence-corrected chi connectivity index (χ3v) is 7.01. The number of carbonyl (C=O) groups excluding carboxylic acids is 2. The van der Waals surface area contributed by atoms with Crippen molar-refractivity contribution in [2.75, 3.05) is 32.4 Å². The molecular weight excluding hydrogens is 530 g/mol. The second kappa shape index (κ2) is 13.0. The Balaban J connectivity index is 1.53. The first-order valence-electron chi connectivity index (χ1n) is 12.4. The van der Waals surface area contributed by atoms with Gasteiger partial charge >= 0.3 is 0 Å². The van der Waals surface area contributed by atoms with E-state index in [0.29, 0.717) is 39.5 Å². The van der Waals surface area contributed by atoms with Crippen LogP contribution in [0.15, 0.2) is 65.8 Å². The zero-order valence-electron chi connectivity index (χ0n) is 23.0. The Morgan fingerprint density at radius 1 is 0.875 bits per heavy atom. The maximum absolute atomic E-state index is 12.9. The topological polar surface area (TPSA) is 117 Å². The van der Waals surface area contributed by atoms with Gasteiger partial charge in [0.25, 0.3) is 5.91 Å². The van der Waals surface area contributed by atoms with Gasteiger partial charge in [0.05, 0.1) is 45.0 Å². The molecule has 4 aromatic rings. The number of thioether (sulfide) groups is 1. The quantitative estimate of drug-likeness (QED) is 0.256. The molecule has 0 saturated heterocycles. The fourth-order valence-electron chi connectivity index (χ4n) is 3.93. The normalized spacial score (nSPS) is 10.6. The fourth-order valence-corrected chi connectivity index (χ4v) is 4.70. The van der Waals surface area contributed by atoms with E-state index in [-0.39, 0.29) is 24.1 Å². The lowest BCUT2D eigenvalue weighted by atomic mass is 10.1. The van der Waals surface area contributed by atoms with Crippen LogP contribution in [0.1, 0.15) is 27.3 Å². The number of hydrogen-bond donors (Lipinski definition) is 2. The molecule has 40 heavy (non-hydrogen) atoms. The number of benzene rings is 3. The van der Waals surface area contributed by atoms with Crippen molar-refractivity contribution in [2.45, 2.75) is 25.5 Å². The number of carbonyl (C=O) groups is 2. The predicted octanol–water partition coefficient (Wildman–Crippen LogP) is 4.57. The van der Waals surface area contributed by atoms with E-state index in [1.807, 2.05) is 36.6 Å². The number of aryl methyl sites for hydroxylation is 2. The van der Waals surface area contributed by atoms with Crippen molar-refractivity contribution in [3.63, 3.8) is 0 Å². The summed E-state index contributed by atoms with van der Waals surface area (Å²) < 4.78 is 17.6. The molecule has 3 aromatic carbocycles. The number of nitrogens with zero attached hydrogens (tertiary/aromatic N) is 3. The lowest BCUT2D eigenvalue weighted by Gasteiger charge is -2.14. The van der Waals surface area contributed by atoms with Crippen LogP contribution in [0, 0.1) is 13.8 Å². The summed E-state index contributed by atoms with van der Waals surface area (Å²) >= 11 is 1.25. The SMILES string of the molecule is COc1ccc(C(=O)NCc2nnc(SCC(=O)Nc3ccc(OC)cc3OC)n2-c2cc(C)ccc2C)cc1. The summed E-state index contributed by atoms with van der Waals surface area (Å²) in [7, 11) is 4.67. The first-order chi connectivity index (χ1) is 19.3. The zero-order valence-corrected chi connectivity index (χ0v) is 23.8. The highest BCUT2D eigenvalue weighted by Crippen LogP contribution is 2.30. The van der Waals surface area contributed by atoms with Crippen LogP contribution in [0.4, 0.5) is 5.69 Å². The molecule has 0 atom stereocenters. The van der Waals surface area contributed by atoms with Crippen molar-refractivity contribution in [1.82, 2.24) is 20.1 Å². The Bertz CT molecular complexity index is 1500. The zero-order chi connectivity index (χ0) is 28.6. The number of rotatable bonds is 11. The van der Waals surface area contributed by atoms with E-state index < -0.39 is 0 Å². The van der Waals surface area contributed by atoms with Crippen molar-refractivity contribution in [2.24, 2.45) is 0 Å². The third kappa shape index (κ3) is 6.73. The predicted molar refractivity (Wildman–Crippen MR) is 154 cm³/mol. The Kier molecular flexibility index (Phi) is 9.28. The summed E-state index contributed by atoms with van der Waals surface area (Å²) in [6, 6.07) is 18.1. The van der Waals surface area contributed by atoms with Crippen LogP contribution < -0.4 is 24.8 Å². The number of ether oxygens (including phenoxy) is 3. The minimum atomic E-state index is -0.250. The van der Waals surface area contributed by atoms with Crippen molar-refractivity contribution < 1.29 is 23.8 Å². The summed E-state index contributed by atoms with van der Waals surface area (Å²) in [5.74, 6) is 1.91. The van der Waals surface area contributed by atoms with E-state index in [9.17, 15) is 9.59 Å². The molecule has 0 spiro atoms. The van der Waals surface area contributed by atoms with Gasteiger partial charge in [0.1, 0.15) is 17.2 Å². The van der Waals surface area contributed by atoms with Crippen molar-refractivity contribution >= 4 is 29.3 Å². The van der Waals surface area contributed by atoms with Gasteiger partial charge in [-0.05, 0) is 67.4 Å². The molecule has 2 amide bonds. The van der Waals surface area contributed by atoms with Gasteiger partial charge in [-0.15, -0.1) is 10.2 Å². The van der Waals surface area contributed by atoms with Crippen LogP contribution >= 0.6 is 11.8 Å². The number of amides is 2. The van der Waals surface area contributed by atoms with Gasteiger partial charge in [0.15, 0.2) is 11.0 Å². The van der Waals surface area contributed by atoms with E-state index in [1.165, 1.54) is 18.9 Å². The highest BCUT2D eigenvalue weighted by atomic mass is 32.2. The third-order valence-electron chi connectivity index (χ3n) is 6.08. The van der Waals surface area contributed by atoms with Crippen LogP contribution in [0.5, 0.6) is 17.2 Å². The smallest absolute Gasteiger partial charge is 0.251 e. The molecule has 208 valence electrons. The second-order valence-corrected chi connectivity index (χ2v) is 9.78. The molecule has 2 N–H and O–H groups in total. The van der Waals surface area contributed by atoms with Gasteiger partial charge in [0, 0.05) is 11.6 Å². The molecule has 0 saturated carbocycles. The average Bonchev–Trinajstić information content (AvgIpc) is 3.38. The average molecular weight is 562 g/mol. The maximum atomic E-state index is 12.9. The fraction of sp³-hybridized carbons (Fsp3) is 0.241. The first kappa shape index (κ1) is 28.5. The van der Waals surface area contributed by atoms with Gasteiger partial charge in [-0.25, -0.2) is 0 Å². The number of methoxy groups -OCH3 is 3. The van der Waals surface area contributed by atoms with Gasteiger partial charge in [-0.1, -0.05) is 23.9 Å². The van der Waals surface area contributed by atoms with Crippen molar-refractivity contribution in [1.29, 1.82) is 0 Å². The lowest BCUT2D eigenvalue weighted by Crippen LogP contribution is -2.24. The largest absolute Gasteiger partial charge is 0.497 e. The standard InChI is InChI=1S/C29H31N5O5S/c1-18-6-7-19(2)24(14-18)34-26(16-30-28(36)20-8-10-21(37-3)11-9-20)32-33-29(34)40-17-27(35)31-23-13-12-22(38-4)15-25(23)39-5/h6-15H,16-17H2,1-5H3,(H,30,36)(H,31,35). The number of aromatic nitrogens is 3. The number of nitrogens with one attached hydrogen (secondary N) is 2. The first-order valence-corrected chi connectivity index (χ1v) is 13.4. The molecule has 4 rings (SSSR count). The van der Waals surface area contributed by atoms with E-state index >= 15 is 0 Å². The minimum Gasteiger partial charge on any atom is -0.497 e. The number of anilines is 1. The van der Waals surface area contributed by atoms with Crippen LogP contribution in [0.2, 0.25) is 0 Å². The molecule has 0 fully saturated rings. The Morgan fingerprint density at radius 2 is 1.60 bits per heavy atom. The molecule has 0 bridgehead atoms. The molecule has 0 unspecified atom stereocenters. The van der Waals surface area contributed by atoms with E-state index in [4.69, 9.17) is 14.2 Å². The highest BCUT2D eigenvalue weighted by Gasteiger charge is 2.19. The molecule has 0 aliphatic rings. The summed E-state index contributed by atoms with van der Waals surface area (Å²) in [4.78, 5) is 25.6. The molecular formula is C29H31N5O5S. The summed E-state index contributed by atoms with van der Waals surface area (Å²) in [6.07, 6.45) is 0. The molecule has 0 aliphatic heterocycles. The Labute approximate surface area is 237 Å². The molecule has 1 heterocycles.